The molecule has 0 aliphatic heterocycles. The first kappa shape index (κ1) is 18.6. The third kappa shape index (κ3) is 7.42. The molecule has 0 aromatic heterocycles. The second kappa shape index (κ2) is 10.3. The molecule has 0 aromatic rings. The van der Waals surface area contributed by atoms with Crippen molar-refractivity contribution in [3.05, 3.63) is 0 Å². The lowest BCUT2D eigenvalue weighted by atomic mass is 9.85. The Kier molecular flexibility index (Phi) is 9.18. The van der Waals surface area contributed by atoms with Crippen molar-refractivity contribution in [1.82, 2.24) is 10.2 Å². The van der Waals surface area contributed by atoms with Crippen molar-refractivity contribution in [2.24, 2.45) is 11.8 Å². The van der Waals surface area contributed by atoms with Crippen LogP contribution in [0.25, 0.3) is 0 Å². The summed E-state index contributed by atoms with van der Waals surface area (Å²) < 4.78 is 0. The molecule has 0 saturated heterocycles. The molecule has 1 fully saturated rings. The van der Waals surface area contributed by atoms with Crippen molar-refractivity contribution in [3.8, 4) is 0 Å². The van der Waals surface area contributed by atoms with E-state index in [-0.39, 0.29) is 0 Å². The third-order valence-electron chi connectivity index (χ3n) is 4.85. The fraction of sp³-hybridized carbons (Fsp3) is 0.944. The average molecular weight is 296 g/mol. The predicted octanol–water partition coefficient (Wildman–Crippen LogP) is 3.48. The maximum Gasteiger partial charge on any atom is 0.130 e. The summed E-state index contributed by atoms with van der Waals surface area (Å²) in [5, 5.41) is 3.78. The minimum absolute atomic E-state index is 0.369. The van der Waals surface area contributed by atoms with Gasteiger partial charge in [-0.3, -0.25) is 0 Å². The van der Waals surface area contributed by atoms with Crippen LogP contribution in [0, 0.1) is 11.8 Å². The highest BCUT2D eigenvalue weighted by molar-refractivity contribution is 5.75. The number of carbonyl (C=O) groups is 1. The van der Waals surface area contributed by atoms with Gasteiger partial charge in [0, 0.05) is 12.5 Å². The van der Waals surface area contributed by atoms with Crippen LogP contribution in [-0.4, -0.2) is 43.9 Å². The van der Waals surface area contributed by atoms with Gasteiger partial charge in [-0.25, -0.2) is 0 Å². The Labute approximate surface area is 131 Å². The van der Waals surface area contributed by atoms with Crippen LogP contribution in [0.2, 0.25) is 0 Å². The normalized spacial score (nSPS) is 25.7. The van der Waals surface area contributed by atoms with Crippen molar-refractivity contribution >= 4 is 5.78 Å². The van der Waals surface area contributed by atoms with E-state index in [1.54, 1.807) is 6.92 Å². The van der Waals surface area contributed by atoms with Crippen molar-refractivity contribution in [2.75, 3.05) is 27.2 Å². The molecule has 0 bridgehead atoms. The quantitative estimate of drug-likeness (QED) is 0.592. The standard InChI is InChI=1S/C18H36N2O/c1-5-6-7-9-17-16(14-15(2)21)10-11-18(17)19-12-8-13-20(3)4/h16-19H,5-14H2,1-4H3/t16-,17+,18+/m1/s1. The molecule has 0 unspecified atom stereocenters. The summed E-state index contributed by atoms with van der Waals surface area (Å²) in [6.45, 7) is 6.27. The maximum absolute atomic E-state index is 11.5. The van der Waals surface area contributed by atoms with Gasteiger partial charge in [0.25, 0.3) is 0 Å². The van der Waals surface area contributed by atoms with Gasteiger partial charge in [0.05, 0.1) is 0 Å². The molecule has 3 nitrogen and oxygen atoms in total. The van der Waals surface area contributed by atoms with Crippen molar-refractivity contribution in [3.63, 3.8) is 0 Å². The van der Waals surface area contributed by atoms with Gasteiger partial charge in [0.1, 0.15) is 5.78 Å². The molecule has 0 heterocycles. The fourth-order valence-corrected chi connectivity index (χ4v) is 3.78. The van der Waals surface area contributed by atoms with Gasteiger partial charge in [0.15, 0.2) is 0 Å². The van der Waals surface area contributed by atoms with Crippen LogP contribution in [0.1, 0.15) is 65.2 Å². The highest BCUT2D eigenvalue weighted by atomic mass is 16.1. The lowest BCUT2D eigenvalue weighted by Crippen LogP contribution is -2.36. The number of nitrogens with one attached hydrogen (secondary N) is 1. The van der Waals surface area contributed by atoms with Crippen LogP contribution in [0.5, 0.6) is 0 Å². The summed E-state index contributed by atoms with van der Waals surface area (Å²) >= 11 is 0. The Hall–Kier alpha value is -0.410. The molecule has 0 spiro atoms. The zero-order chi connectivity index (χ0) is 15.7. The van der Waals surface area contributed by atoms with Gasteiger partial charge >= 0.3 is 0 Å². The predicted molar refractivity (Wildman–Crippen MR) is 90.6 cm³/mol. The number of Topliss-reactive ketones (excluding diaryl/α,β-unsaturated/α-hetero) is 1. The van der Waals surface area contributed by atoms with E-state index in [2.05, 4.69) is 31.2 Å². The van der Waals surface area contributed by atoms with E-state index in [9.17, 15) is 4.79 Å². The number of ketones is 1. The Morgan fingerprint density at radius 3 is 2.57 bits per heavy atom. The average Bonchev–Trinajstić information content (AvgIpc) is 2.77. The minimum Gasteiger partial charge on any atom is -0.314 e. The summed E-state index contributed by atoms with van der Waals surface area (Å²) in [5.41, 5.74) is 0. The summed E-state index contributed by atoms with van der Waals surface area (Å²) in [6.07, 6.45) is 9.75. The summed E-state index contributed by atoms with van der Waals surface area (Å²) in [4.78, 5) is 13.7. The highest BCUT2D eigenvalue weighted by Gasteiger charge is 2.35. The molecule has 0 radical (unpaired) electrons. The lowest BCUT2D eigenvalue weighted by molar-refractivity contribution is -0.118. The van der Waals surface area contributed by atoms with Crippen molar-refractivity contribution < 1.29 is 4.79 Å². The second-order valence-corrected chi connectivity index (χ2v) is 7.12. The van der Waals surface area contributed by atoms with Crippen molar-refractivity contribution in [2.45, 2.75) is 71.3 Å². The van der Waals surface area contributed by atoms with Gasteiger partial charge in [-0.05, 0) is 71.6 Å². The zero-order valence-corrected chi connectivity index (χ0v) is 14.7. The SMILES string of the molecule is CCCCC[C@H]1[C@@H](CC(C)=O)CC[C@@H]1NCCCN(C)C. The van der Waals surface area contributed by atoms with E-state index in [4.69, 9.17) is 0 Å². The first-order valence-corrected chi connectivity index (χ1v) is 8.92. The van der Waals surface area contributed by atoms with Gasteiger partial charge in [-0.1, -0.05) is 26.2 Å². The fourth-order valence-electron chi connectivity index (χ4n) is 3.78. The largest absolute Gasteiger partial charge is 0.314 e. The monoisotopic (exact) mass is 296 g/mol. The van der Waals surface area contributed by atoms with E-state index in [1.165, 1.54) is 44.9 Å². The van der Waals surface area contributed by atoms with Crippen LogP contribution >= 0.6 is 0 Å². The summed E-state index contributed by atoms with van der Waals surface area (Å²) in [5.74, 6) is 1.72. The molecule has 3 heteroatoms. The van der Waals surface area contributed by atoms with Crippen LogP contribution in [0.4, 0.5) is 0 Å². The zero-order valence-electron chi connectivity index (χ0n) is 14.7. The van der Waals surface area contributed by atoms with E-state index < -0.39 is 0 Å². The van der Waals surface area contributed by atoms with Crippen LogP contribution in [0.15, 0.2) is 0 Å². The first-order valence-electron chi connectivity index (χ1n) is 8.92. The Balaban J connectivity index is 2.41. The van der Waals surface area contributed by atoms with Gasteiger partial charge in [-0.2, -0.15) is 0 Å². The third-order valence-corrected chi connectivity index (χ3v) is 4.85. The molecular formula is C18H36N2O. The molecule has 0 amide bonds. The second-order valence-electron chi connectivity index (χ2n) is 7.12. The Morgan fingerprint density at radius 1 is 1.19 bits per heavy atom. The van der Waals surface area contributed by atoms with E-state index in [0.29, 0.717) is 17.7 Å². The van der Waals surface area contributed by atoms with E-state index in [0.717, 1.165) is 25.4 Å². The number of rotatable bonds is 11. The molecule has 124 valence electrons. The Bertz CT molecular complexity index is 291. The van der Waals surface area contributed by atoms with Gasteiger partial charge < -0.3 is 15.0 Å². The summed E-state index contributed by atoms with van der Waals surface area (Å²) in [6, 6.07) is 0.647. The Morgan fingerprint density at radius 2 is 1.95 bits per heavy atom. The van der Waals surface area contributed by atoms with E-state index >= 15 is 0 Å². The number of nitrogens with zero attached hydrogens (tertiary/aromatic N) is 1. The molecule has 0 aromatic carbocycles. The summed E-state index contributed by atoms with van der Waals surface area (Å²) in [7, 11) is 4.26. The number of hydrogen-bond acceptors (Lipinski definition) is 3. The smallest absolute Gasteiger partial charge is 0.130 e. The van der Waals surface area contributed by atoms with E-state index in [1.807, 2.05) is 0 Å². The molecule has 1 aliphatic carbocycles. The first-order chi connectivity index (χ1) is 10.0. The number of unbranched alkanes of at least 4 members (excludes halogenated alkanes) is 2. The van der Waals surface area contributed by atoms with Crippen molar-refractivity contribution in [1.29, 1.82) is 0 Å². The number of carbonyl (C=O) groups excluding carboxylic acids is 1. The highest BCUT2D eigenvalue weighted by Crippen LogP contribution is 2.38. The molecule has 1 N–H and O–H groups in total. The molecule has 3 atom stereocenters. The van der Waals surface area contributed by atoms with Gasteiger partial charge in [-0.15, -0.1) is 0 Å². The van der Waals surface area contributed by atoms with Crippen LogP contribution in [0.3, 0.4) is 0 Å². The molecule has 21 heavy (non-hydrogen) atoms. The topological polar surface area (TPSA) is 32.3 Å². The molecular weight excluding hydrogens is 260 g/mol. The molecule has 1 rings (SSSR count). The number of hydrogen-bond donors (Lipinski definition) is 1. The molecule has 1 saturated carbocycles. The lowest BCUT2D eigenvalue weighted by Gasteiger charge is -2.26. The van der Waals surface area contributed by atoms with Gasteiger partial charge in [0.2, 0.25) is 0 Å². The van der Waals surface area contributed by atoms with Crippen LogP contribution < -0.4 is 5.32 Å². The molecule has 1 aliphatic rings. The maximum atomic E-state index is 11.5. The minimum atomic E-state index is 0.369. The van der Waals surface area contributed by atoms with Crippen LogP contribution in [-0.2, 0) is 4.79 Å².